The van der Waals surface area contributed by atoms with Crippen LogP contribution in [0.3, 0.4) is 0 Å². The van der Waals surface area contributed by atoms with Gasteiger partial charge in [-0.1, -0.05) is 12.1 Å². The molecule has 0 bridgehead atoms. The molecule has 0 radical (unpaired) electrons. The second-order valence-corrected chi connectivity index (χ2v) is 4.73. The minimum absolute atomic E-state index is 0.0827. The summed E-state index contributed by atoms with van der Waals surface area (Å²) in [5.41, 5.74) is 1.87. The highest BCUT2D eigenvalue weighted by Crippen LogP contribution is 2.30. The van der Waals surface area contributed by atoms with Crippen LogP contribution in [0.15, 0.2) is 36.4 Å². The lowest BCUT2D eigenvalue weighted by molar-refractivity contribution is 0.0468. The first-order valence-electron chi connectivity index (χ1n) is 6.73. The number of methoxy groups -OCH3 is 2. The van der Waals surface area contributed by atoms with Gasteiger partial charge in [-0.15, -0.1) is 0 Å². The summed E-state index contributed by atoms with van der Waals surface area (Å²) in [7, 11) is 3.11. The zero-order chi connectivity index (χ0) is 16.1. The molecular weight excluding hydrogens is 284 g/mol. The van der Waals surface area contributed by atoms with Crippen molar-refractivity contribution in [1.29, 1.82) is 0 Å². The highest BCUT2D eigenvalue weighted by Gasteiger charge is 2.14. The molecule has 116 valence electrons. The number of para-hydroxylation sites is 1. The number of carbonyl (C=O) groups is 1. The first-order chi connectivity index (χ1) is 10.6. The third-order valence-corrected chi connectivity index (χ3v) is 3.32. The Kier molecular flexibility index (Phi) is 4.88. The van der Waals surface area contributed by atoms with Crippen LogP contribution >= 0.6 is 0 Å². The lowest BCUT2D eigenvalue weighted by Crippen LogP contribution is -2.06. The topological polar surface area (TPSA) is 65.0 Å². The predicted molar refractivity (Wildman–Crippen MR) is 81.5 cm³/mol. The third-order valence-electron chi connectivity index (χ3n) is 3.32. The van der Waals surface area contributed by atoms with Crippen LogP contribution in [0.5, 0.6) is 17.2 Å². The molecule has 5 heteroatoms. The predicted octanol–water partition coefficient (Wildman–Crippen LogP) is 3.07. The smallest absolute Gasteiger partial charge is 0.342 e. The maximum atomic E-state index is 12.0. The van der Waals surface area contributed by atoms with Crippen molar-refractivity contribution >= 4 is 5.97 Å². The van der Waals surface area contributed by atoms with Crippen molar-refractivity contribution in [2.24, 2.45) is 0 Å². The lowest BCUT2D eigenvalue weighted by atomic mass is 10.1. The average molecular weight is 302 g/mol. The van der Waals surface area contributed by atoms with Crippen LogP contribution in [0, 0.1) is 6.92 Å². The summed E-state index contributed by atoms with van der Waals surface area (Å²) >= 11 is 0. The van der Waals surface area contributed by atoms with Crippen molar-refractivity contribution in [1.82, 2.24) is 0 Å². The summed E-state index contributed by atoms with van der Waals surface area (Å²) in [6.45, 7) is 1.98. The van der Waals surface area contributed by atoms with Crippen molar-refractivity contribution in [3.05, 3.63) is 53.1 Å². The van der Waals surface area contributed by atoms with Crippen LogP contribution in [-0.4, -0.2) is 25.3 Å². The van der Waals surface area contributed by atoms with Gasteiger partial charge >= 0.3 is 5.97 Å². The fraction of sp³-hybridized carbons (Fsp3) is 0.235. The molecule has 0 aliphatic carbocycles. The zero-order valence-corrected chi connectivity index (χ0v) is 12.8. The number of phenols is 1. The Morgan fingerprint density at radius 2 is 1.73 bits per heavy atom. The number of aromatic hydroxyl groups is 1. The molecule has 0 aliphatic heterocycles. The third kappa shape index (κ3) is 3.31. The van der Waals surface area contributed by atoms with E-state index in [2.05, 4.69) is 0 Å². The summed E-state index contributed by atoms with van der Waals surface area (Å²) in [6, 6.07) is 9.86. The summed E-state index contributed by atoms with van der Waals surface area (Å²) in [6.07, 6.45) is 0. The Morgan fingerprint density at radius 3 is 2.36 bits per heavy atom. The highest BCUT2D eigenvalue weighted by atomic mass is 16.5. The normalized spacial score (nSPS) is 10.1. The van der Waals surface area contributed by atoms with Gasteiger partial charge in [-0.3, -0.25) is 0 Å². The molecule has 0 saturated carbocycles. The van der Waals surface area contributed by atoms with Crippen molar-refractivity contribution in [3.8, 4) is 17.2 Å². The molecule has 0 unspecified atom stereocenters. The van der Waals surface area contributed by atoms with E-state index in [1.807, 2.05) is 13.0 Å². The number of hydrogen-bond acceptors (Lipinski definition) is 5. The number of carbonyl (C=O) groups excluding carboxylic acids is 1. The number of ether oxygens (including phenoxy) is 3. The summed E-state index contributed by atoms with van der Waals surface area (Å²) < 4.78 is 15.7. The minimum Gasteiger partial charge on any atom is -0.507 e. The van der Waals surface area contributed by atoms with Crippen molar-refractivity contribution in [2.75, 3.05) is 14.2 Å². The maximum absolute atomic E-state index is 12.0. The molecule has 2 rings (SSSR count). The van der Waals surface area contributed by atoms with Gasteiger partial charge in [-0.25, -0.2) is 4.79 Å². The standard InChI is InChI=1S/C17H18O5/c1-11-8-15(20-2)16(21-3)9-12(11)10-22-17(19)13-6-4-5-7-14(13)18/h4-9,18H,10H2,1-3H3. The van der Waals surface area contributed by atoms with E-state index < -0.39 is 5.97 Å². The Bertz CT molecular complexity index is 679. The second kappa shape index (κ2) is 6.85. The van der Waals surface area contributed by atoms with E-state index in [1.165, 1.54) is 12.1 Å². The number of phenolic OH excluding ortho intramolecular Hbond substituents is 1. The molecular formula is C17H18O5. The molecule has 0 fully saturated rings. The molecule has 2 aromatic carbocycles. The number of benzene rings is 2. The molecule has 0 saturated heterocycles. The van der Waals surface area contributed by atoms with Gasteiger partial charge < -0.3 is 19.3 Å². The Balaban J connectivity index is 2.15. The Hall–Kier alpha value is -2.69. The zero-order valence-electron chi connectivity index (χ0n) is 12.8. The van der Waals surface area contributed by atoms with Crippen molar-refractivity contribution < 1.29 is 24.1 Å². The van der Waals surface area contributed by atoms with Gasteiger partial charge in [0.2, 0.25) is 0 Å². The molecule has 0 atom stereocenters. The Morgan fingerprint density at radius 1 is 1.09 bits per heavy atom. The molecule has 5 nitrogen and oxygen atoms in total. The van der Waals surface area contributed by atoms with Crippen LogP contribution in [0.2, 0.25) is 0 Å². The van der Waals surface area contributed by atoms with Gasteiger partial charge in [0.1, 0.15) is 17.9 Å². The lowest BCUT2D eigenvalue weighted by Gasteiger charge is -2.13. The van der Waals surface area contributed by atoms with E-state index >= 15 is 0 Å². The molecule has 0 aromatic heterocycles. The van der Waals surface area contributed by atoms with Gasteiger partial charge in [0, 0.05) is 0 Å². The van der Waals surface area contributed by atoms with E-state index in [0.29, 0.717) is 11.5 Å². The van der Waals surface area contributed by atoms with Gasteiger partial charge in [0.05, 0.1) is 14.2 Å². The second-order valence-electron chi connectivity index (χ2n) is 4.73. The number of rotatable bonds is 5. The van der Waals surface area contributed by atoms with Crippen LogP contribution < -0.4 is 9.47 Å². The fourth-order valence-corrected chi connectivity index (χ4v) is 2.05. The van der Waals surface area contributed by atoms with Crippen LogP contribution in [-0.2, 0) is 11.3 Å². The molecule has 0 heterocycles. The van der Waals surface area contributed by atoms with E-state index in [1.54, 1.807) is 32.4 Å². The molecule has 1 N–H and O–H groups in total. The summed E-state index contributed by atoms with van der Waals surface area (Å²) in [5.74, 6) is 0.515. The van der Waals surface area contributed by atoms with E-state index in [4.69, 9.17) is 14.2 Å². The van der Waals surface area contributed by atoms with E-state index in [9.17, 15) is 9.90 Å². The van der Waals surface area contributed by atoms with Crippen molar-refractivity contribution in [2.45, 2.75) is 13.5 Å². The van der Waals surface area contributed by atoms with Crippen LogP contribution in [0.4, 0.5) is 0 Å². The van der Waals surface area contributed by atoms with Crippen LogP contribution in [0.1, 0.15) is 21.5 Å². The quantitative estimate of drug-likeness (QED) is 0.860. The van der Waals surface area contributed by atoms with Gasteiger partial charge in [0.15, 0.2) is 11.5 Å². The first kappa shape index (κ1) is 15.7. The molecule has 2 aromatic rings. The van der Waals surface area contributed by atoms with Gasteiger partial charge in [0.25, 0.3) is 0 Å². The van der Waals surface area contributed by atoms with Gasteiger partial charge in [-0.2, -0.15) is 0 Å². The fourth-order valence-electron chi connectivity index (χ4n) is 2.05. The average Bonchev–Trinajstić information content (AvgIpc) is 2.53. The van der Waals surface area contributed by atoms with E-state index in [-0.39, 0.29) is 17.9 Å². The Labute approximate surface area is 129 Å². The molecule has 0 amide bonds. The number of esters is 1. The maximum Gasteiger partial charge on any atom is 0.342 e. The first-order valence-corrected chi connectivity index (χ1v) is 6.73. The minimum atomic E-state index is -0.577. The molecule has 0 aliphatic rings. The monoisotopic (exact) mass is 302 g/mol. The molecule has 0 spiro atoms. The number of aryl methyl sites for hydroxylation is 1. The van der Waals surface area contributed by atoms with Crippen LogP contribution in [0.25, 0.3) is 0 Å². The highest BCUT2D eigenvalue weighted by molar-refractivity contribution is 5.92. The van der Waals surface area contributed by atoms with Crippen molar-refractivity contribution in [3.63, 3.8) is 0 Å². The van der Waals surface area contributed by atoms with E-state index in [0.717, 1.165) is 11.1 Å². The summed E-state index contributed by atoms with van der Waals surface area (Å²) in [5, 5.41) is 9.65. The number of hydrogen-bond donors (Lipinski definition) is 1. The summed E-state index contributed by atoms with van der Waals surface area (Å²) in [4.78, 5) is 12.0. The van der Waals surface area contributed by atoms with Gasteiger partial charge in [-0.05, 0) is 42.3 Å². The largest absolute Gasteiger partial charge is 0.507 e. The SMILES string of the molecule is COc1cc(C)c(COC(=O)c2ccccc2O)cc1OC. The molecule has 22 heavy (non-hydrogen) atoms.